The van der Waals surface area contributed by atoms with Gasteiger partial charge in [-0.15, -0.1) is 0 Å². The van der Waals surface area contributed by atoms with Gasteiger partial charge in [-0.2, -0.15) is 0 Å². The number of aromatic nitrogens is 4. The van der Waals surface area contributed by atoms with Gasteiger partial charge in [-0.1, -0.05) is 23.7 Å². The van der Waals surface area contributed by atoms with Crippen LogP contribution in [0.4, 0.5) is 5.82 Å². The van der Waals surface area contributed by atoms with E-state index in [1.807, 2.05) is 54.1 Å². The van der Waals surface area contributed by atoms with Crippen molar-refractivity contribution in [1.82, 2.24) is 29.3 Å². The highest BCUT2D eigenvalue weighted by atomic mass is 35.5. The first-order valence-corrected chi connectivity index (χ1v) is 14.7. The number of fused-ring (bicyclic) bond motifs is 1. The highest BCUT2D eigenvalue weighted by molar-refractivity contribution is 6.30. The van der Waals surface area contributed by atoms with E-state index in [-0.39, 0.29) is 17.6 Å². The second kappa shape index (κ2) is 11.3. The molecule has 0 atom stereocenters. The maximum atomic E-state index is 13.8. The Bertz CT molecular complexity index is 1610. The number of amides is 1. The predicted molar refractivity (Wildman–Crippen MR) is 162 cm³/mol. The lowest BCUT2D eigenvalue weighted by Crippen LogP contribution is -2.57. The minimum absolute atomic E-state index is 0.0447. The normalized spacial score (nSPS) is 19.5. The van der Waals surface area contributed by atoms with Gasteiger partial charge in [0.25, 0.3) is 5.91 Å². The maximum absolute atomic E-state index is 13.8. The SMILES string of the molecule is Cc1ncc(Cl)cc1C(=O)NC1CCC(Cn2c(=O)n(-c3ccc(N4CC(N(C)C)C4)nc3)c3ccccc32)CC1. The van der Waals surface area contributed by atoms with E-state index in [4.69, 9.17) is 16.6 Å². The largest absolute Gasteiger partial charge is 0.353 e. The number of carbonyl (C=O) groups is 1. The van der Waals surface area contributed by atoms with Crippen molar-refractivity contribution in [3.05, 3.63) is 81.6 Å². The number of nitrogens with one attached hydrogen (secondary N) is 1. The molecule has 9 nitrogen and oxygen atoms in total. The fourth-order valence-electron chi connectivity index (χ4n) is 6.05. The van der Waals surface area contributed by atoms with Crippen LogP contribution in [-0.2, 0) is 6.54 Å². The lowest BCUT2D eigenvalue weighted by molar-refractivity contribution is 0.0919. The maximum Gasteiger partial charge on any atom is 0.333 e. The third kappa shape index (κ3) is 5.48. The van der Waals surface area contributed by atoms with Gasteiger partial charge in [0.2, 0.25) is 0 Å². The summed E-state index contributed by atoms with van der Waals surface area (Å²) in [6.07, 6.45) is 6.97. The summed E-state index contributed by atoms with van der Waals surface area (Å²) in [4.78, 5) is 40.0. The van der Waals surface area contributed by atoms with Gasteiger partial charge < -0.3 is 15.1 Å². The van der Waals surface area contributed by atoms with Gasteiger partial charge in [0.15, 0.2) is 0 Å². The fraction of sp³-hybridized carbons (Fsp3) is 0.419. The number of pyridine rings is 2. The van der Waals surface area contributed by atoms with E-state index in [1.165, 1.54) is 0 Å². The van der Waals surface area contributed by atoms with Crippen LogP contribution >= 0.6 is 11.6 Å². The molecular formula is C31H36ClN7O2. The molecule has 1 aromatic carbocycles. The first kappa shape index (κ1) is 27.5. The minimum Gasteiger partial charge on any atom is -0.353 e. The first-order valence-electron chi connectivity index (χ1n) is 14.3. The number of rotatable bonds is 7. The standard InChI is InChI=1S/C31H36ClN7O2/c1-20-26(14-22(32)15-33-20)30(40)35-23-10-8-21(9-11-23)17-38-27-6-4-5-7-28(27)39(31(38)41)24-12-13-29(34-16-24)37-18-25(19-37)36(2)3/h4-7,12-16,21,23,25H,8-11,17-19H2,1-3H3,(H,35,40). The Morgan fingerprint density at radius 1 is 1.02 bits per heavy atom. The molecule has 1 saturated carbocycles. The number of hydrogen-bond donors (Lipinski definition) is 1. The number of hydrogen-bond acceptors (Lipinski definition) is 6. The second-order valence-electron chi connectivity index (χ2n) is 11.6. The van der Waals surface area contributed by atoms with Crippen molar-refractivity contribution in [1.29, 1.82) is 0 Å². The summed E-state index contributed by atoms with van der Waals surface area (Å²) in [5.74, 6) is 1.16. The average molecular weight is 574 g/mol. The number of para-hydroxylation sites is 2. The van der Waals surface area contributed by atoms with Gasteiger partial charge >= 0.3 is 5.69 Å². The third-order valence-corrected chi connectivity index (χ3v) is 8.87. The van der Waals surface area contributed by atoms with Crippen molar-refractivity contribution in [3.63, 3.8) is 0 Å². The highest BCUT2D eigenvalue weighted by Gasteiger charge is 2.29. The molecule has 3 aromatic heterocycles. The molecule has 214 valence electrons. The Morgan fingerprint density at radius 2 is 1.76 bits per heavy atom. The van der Waals surface area contributed by atoms with Crippen LogP contribution in [-0.4, -0.2) is 69.2 Å². The van der Waals surface area contributed by atoms with E-state index in [9.17, 15) is 9.59 Å². The fourth-order valence-corrected chi connectivity index (χ4v) is 6.21. The number of nitrogens with zero attached hydrogens (tertiary/aromatic N) is 6. The molecule has 4 aromatic rings. The van der Waals surface area contributed by atoms with Crippen molar-refractivity contribution in [2.75, 3.05) is 32.1 Å². The summed E-state index contributed by atoms with van der Waals surface area (Å²) in [7, 11) is 4.21. The Kier molecular flexibility index (Phi) is 7.57. The number of carbonyl (C=O) groups excluding carboxylic acids is 1. The van der Waals surface area contributed by atoms with Gasteiger partial charge in [0.05, 0.1) is 39.2 Å². The van der Waals surface area contributed by atoms with E-state index >= 15 is 0 Å². The van der Waals surface area contributed by atoms with Crippen LogP contribution in [0.5, 0.6) is 0 Å². The van der Waals surface area contributed by atoms with Crippen molar-refractivity contribution < 1.29 is 4.79 Å². The van der Waals surface area contributed by atoms with Gasteiger partial charge in [-0.3, -0.25) is 18.9 Å². The van der Waals surface area contributed by atoms with Crippen LogP contribution in [0.3, 0.4) is 0 Å². The summed E-state index contributed by atoms with van der Waals surface area (Å²) in [6, 6.07) is 14.3. The Hall–Kier alpha value is -3.69. The zero-order valence-electron chi connectivity index (χ0n) is 23.8. The van der Waals surface area contributed by atoms with E-state index in [1.54, 1.807) is 16.8 Å². The molecule has 41 heavy (non-hydrogen) atoms. The van der Waals surface area contributed by atoms with Gasteiger partial charge in [-0.05, 0) is 83.0 Å². The van der Waals surface area contributed by atoms with Crippen molar-refractivity contribution >= 4 is 34.4 Å². The summed E-state index contributed by atoms with van der Waals surface area (Å²) < 4.78 is 3.68. The summed E-state index contributed by atoms with van der Waals surface area (Å²) in [6.45, 7) is 4.38. The molecule has 0 spiro atoms. The first-order chi connectivity index (χ1) is 19.8. The number of anilines is 1. The van der Waals surface area contributed by atoms with Crippen molar-refractivity contribution in [3.8, 4) is 5.69 Å². The molecule has 0 bridgehead atoms. The quantitative estimate of drug-likeness (QED) is 0.355. The molecule has 10 heteroatoms. The zero-order valence-corrected chi connectivity index (χ0v) is 24.5. The molecule has 2 aliphatic rings. The average Bonchev–Trinajstić information content (AvgIpc) is 3.21. The van der Waals surface area contributed by atoms with Crippen LogP contribution in [0, 0.1) is 12.8 Å². The molecule has 0 unspecified atom stereocenters. The van der Waals surface area contributed by atoms with Crippen molar-refractivity contribution in [2.45, 2.75) is 51.2 Å². The predicted octanol–water partition coefficient (Wildman–Crippen LogP) is 4.28. The molecule has 1 N–H and O–H groups in total. The van der Waals surface area contributed by atoms with E-state index in [2.05, 4.69) is 34.2 Å². The molecule has 6 rings (SSSR count). The Labute approximate surface area is 244 Å². The van der Waals surface area contributed by atoms with Crippen LogP contribution in [0.15, 0.2) is 59.7 Å². The van der Waals surface area contributed by atoms with Crippen molar-refractivity contribution in [2.24, 2.45) is 5.92 Å². The number of imidazole rings is 1. The monoisotopic (exact) mass is 573 g/mol. The summed E-state index contributed by atoms with van der Waals surface area (Å²) >= 11 is 6.06. The smallest absolute Gasteiger partial charge is 0.333 e. The van der Waals surface area contributed by atoms with E-state index in [0.29, 0.717) is 34.8 Å². The Balaban J connectivity index is 1.14. The lowest BCUT2D eigenvalue weighted by Gasteiger charge is -2.43. The van der Waals surface area contributed by atoms with Gasteiger partial charge in [-0.25, -0.2) is 9.78 Å². The van der Waals surface area contributed by atoms with Gasteiger partial charge in [0.1, 0.15) is 5.82 Å². The van der Waals surface area contributed by atoms with Crippen LogP contribution < -0.4 is 15.9 Å². The second-order valence-corrected chi connectivity index (χ2v) is 12.0. The van der Waals surface area contributed by atoms with Crippen LogP contribution in [0.1, 0.15) is 41.7 Å². The molecule has 1 aliphatic heterocycles. The third-order valence-electron chi connectivity index (χ3n) is 8.66. The highest BCUT2D eigenvalue weighted by Crippen LogP contribution is 2.28. The summed E-state index contributed by atoms with van der Waals surface area (Å²) in [5, 5.41) is 3.61. The van der Waals surface area contributed by atoms with Crippen LogP contribution in [0.25, 0.3) is 16.7 Å². The molecule has 1 aliphatic carbocycles. The number of aryl methyl sites for hydroxylation is 1. The molecule has 1 amide bonds. The molecule has 4 heterocycles. The topological polar surface area (TPSA) is 88.3 Å². The van der Waals surface area contributed by atoms with Gasteiger partial charge in [0, 0.05) is 37.9 Å². The zero-order chi connectivity index (χ0) is 28.7. The van der Waals surface area contributed by atoms with Crippen LogP contribution in [0.2, 0.25) is 5.02 Å². The number of benzene rings is 1. The molecule has 2 fully saturated rings. The molecule has 1 saturated heterocycles. The molecular weight excluding hydrogens is 538 g/mol. The lowest BCUT2D eigenvalue weighted by atomic mass is 9.85. The summed E-state index contributed by atoms with van der Waals surface area (Å²) in [5.41, 5.74) is 3.73. The minimum atomic E-state index is -0.133. The Morgan fingerprint density at radius 3 is 2.44 bits per heavy atom. The van der Waals surface area contributed by atoms with E-state index < -0.39 is 0 Å². The van der Waals surface area contributed by atoms with E-state index in [0.717, 1.165) is 61.3 Å². The number of likely N-dealkylation sites (N-methyl/N-ethyl adjacent to an activating group) is 1. The molecule has 0 radical (unpaired) electrons. The number of halogens is 1.